The summed E-state index contributed by atoms with van der Waals surface area (Å²) in [6.45, 7) is 1.01. The van der Waals surface area contributed by atoms with E-state index in [1.54, 1.807) is 54.8 Å². The maximum absolute atomic E-state index is 13.1. The molecule has 1 N–H and O–H groups in total. The second-order valence-electron chi connectivity index (χ2n) is 9.32. The predicted molar refractivity (Wildman–Crippen MR) is 144 cm³/mol. The SMILES string of the molecule is Cc1cc(Nc2nccn3c(-c4ccc(OC(F)F)cc4)cnc23)ccc1C(=O)N(C)CC(=O)N1CCOCC1. The van der Waals surface area contributed by atoms with Gasteiger partial charge < -0.3 is 24.6 Å². The first-order valence-corrected chi connectivity index (χ1v) is 12.7. The highest BCUT2D eigenvalue weighted by molar-refractivity contribution is 5.98. The van der Waals surface area contributed by atoms with Crippen LogP contribution in [0.15, 0.2) is 61.1 Å². The summed E-state index contributed by atoms with van der Waals surface area (Å²) >= 11 is 0. The molecule has 4 aromatic rings. The maximum Gasteiger partial charge on any atom is 0.387 e. The zero-order valence-electron chi connectivity index (χ0n) is 22.0. The third-order valence-corrected chi connectivity index (χ3v) is 6.61. The Bertz CT molecular complexity index is 1520. The molecule has 2 amide bonds. The van der Waals surface area contributed by atoms with Gasteiger partial charge in [0.05, 0.1) is 31.6 Å². The Kier molecular flexibility index (Phi) is 7.87. The lowest BCUT2D eigenvalue weighted by Gasteiger charge is -2.29. The van der Waals surface area contributed by atoms with E-state index in [1.165, 1.54) is 17.0 Å². The van der Waals surface area contributed by atoms with Crippen LogP contribution in [-0.2, 0) is 9.53 Å². The number of aromatic nitrogens is 3. The van der Waals surface area contributed by atoms with Crippen molar-refractivity contribution in [1.29, 1.82) is 0 Å². The minimum atomic E-state index is -2.89. The van der Waals surface area contributed by atoms with Crippen molar-refractivity contribution in [2.24, 2.45) is 0 Å². The van der Waals surface area contributed by atoms with Gasteiger partial charge in [-0.3, -0.25) is 14.0 Å². The van der Waals surface area contributed by atoms with Crippen LogP contribution < -0.4 is 10.1 Å². The van der Waals surface area contributed by atoms with Crippen LogP contribution >= 0.6 is 0 Å². The molecule has 3 heterocycles. The Morgan fingerprint density at radius 3 is 2.58 bits per heavy atom. The molecule has 0 spiro atoms. The molecule has 2 aromatic heterocycles. The van der Waals surface area contributed by atoms with E-state index in [1.807, 2.05) is 17.4 Å². The van der Waals surface area contributed by atoms with Gasteiger partial charge in [0.25, 0.3) is 5.91 Å². The minimum absolute atomic E-state index is 0.00558. The van der Waals surface area contributed by atoms with Gasteiger partial charge in [-0.05, 0) is 55.0 Å². The van der Waals surface area contributed by atoms with Crippen molar-refractivity contribution in [3.05, 3.63) is 72.2 Å². The monoisotopic (exact) mass is 550 g/mol. The third-order valence-electron chi connectivity index (χ3n) is 6.61. The average Bonchev–Trinajstić information content (AvgIpc) is 3.38. The van der Waals surface area contributed by atoms with Gasteiger partial charge in [-0.15, -0.1) is 0 Å². The van der Waals surface area contributed by atoms with Crippen LogP contribution in [0.25, 0.3) is 16.9 Å². The molecule has 2 aromatic carbocycles. The largest absolute Gasteiger partial charge is 0.435 e. The lowest BCUT2D eigenvalue weighted by atomic mass is 10.1. The topological polar surface area (TPSA) is 101 Å². The molecule has 0 atom stereocenters. The molecule has 1 aliphatic rings. The number of halogens is 2. The van der Waals surface area contributed by atoms with Crippen LogP contribution in [-0.4, -0.2) is 82.5 Å². The number of likely N-dealkylation sites (N-methyl/N-ethyl adjacent to an activating group) is 1. The number of anilines is 2. The Morgan fingerprint density at radius 2 is 1.88 bits per heavy atom. The number of aryl methyl sites for hydroxylation is 1. The number of hydrogen-bond acceptors (Lipinski definition) is 7. The van der Waals surface area contributed by atoms with E-state index in [4.69, 9.17) is 4.74 Å². The van der Waals surface area contributed by atoms with E-state index < -0.39 is 6.61 Å². The number of carbonyl (C=O) groups is 2. The van der Waals surface area contributed by atoms with Gasteiger partial charge in [0, 0.05) is 49.3 Å². The van der Waals surface area contributed by atoms with Crippen molar-refractivity contribution in [3.8, 4) is 17.0 Å². The van der Waals surface area contributed by atoms with Crippen LogP contribution in [0, 0.1) is 6.92 Å². The molecule has 1 fully saturated rings. The highest BCUT2D eigenvalue weighted by Gasteiger charge is 2.22. The molecule has 0 unspecified atom stereocenters. The van der Waals surface area contributed by atoms with Crippen molar-refractivity contribution in [2.75, 3.05) is 45.2 Å². The van der Waals surface area contributed by atoms with Gasteiger partial charge in [0.15, 0.2) is 11.5 Å². The fourth-order valence-corrected chi connectivity index (χ4v) is 4.54. The standard InChI is InChI=1S/C28H28F2N6O4/c1-18-15-20(5-8-22(18)27(38)34(2)17-24(37)35-11-13-39-14-12-35)33-25-26-32-16-23(36(26)10-9-31-25)19-3-6-21(7-4-19)40-28(29)30/h3-10,15-16,28H,11-14,17H2,1-2H3,(H,31,33). The predicted octanol–water partition coefficient (Wildman–Crippen LogP) is 3.98. The highest BCUT2D eigenvalue weighted by atomic mass is 19.3. The number of amides is 2. The summed E-state index contributed by atoms with van der Waals surface area (Å²) in [6, 6.07) is 11.6. The molecule has 1 saturated heterocycles. The number of fused-ring (bicyclic) bond motifs is 1. The fourth-order valence-electron chi connectivity index (χ4n) is 4.54. The second-order valence-corrected chi connectivity index (χ2v) is 9.32. The van der Waals surface area contributed by atoms with Crippen molar-refractivity contribution in [3.63, 3.8) is 0 Å². The fraction of sp³-hybridized carbons (Fsp3) is 0.286. The van der Waals surface area contributed by atoms with E-state index in [2.05, 4.69) is 20.0 Å². The number of carbonyl (C=O) groups excluding carboxylic acids is 2. The molecule has 208 valence electrons. The van der Waals surface area contributed by atoms with E-state index in [9.17, 15) is 18.4 Å². The number of morpholine rings is 1. The zero-order valence-corrected chi connectivity index (χ0v) is 22.0. The van der Waals surface area contributed by atoms with Crippen molar-refractivity contribution in [1.82, 2.24) is 24.2 Å². The molecule has 10 nitrogen and oxygen atoms in total. The van der Waals surface area contributed by atoms with E-state index in [0.717, 1.165) is 16.8 Å². The normalized spacial score (nSPS) is 13.5. The summed E-state index contributed by atoms with van der Waals surface area (Å²) in [6.07, 6.45) is 5.06. The van der Waals surface area contributed by atoms with Crippen LogP contribution in [0.2, 0.25) is 0 Å². The van der Waals surface area contributed by atoms with Crippen LogP contribution in [0.3, 0.4) is 0 Å². The summed E-state index contributed by atoms with van der Waals surface area (Å²) in [4.78, 5) is 37.7. The molecular weight excluding hydrogens is 522 g/mol. The summed E-state index contributed by atoms with van der Waals surface area (Å²) in [5.74, 6) is 0.224. The summed E-state index contributed by atoms with van der Waals surface area (Å²) in [5, 5.41) is 3.26. The molecule has 0 radical (unpaired) electrons. The molecule has 0 saturated carbocycles. The quantitative estimate of drug-likeness (QED) is 0.354. The molecule has 0 bridgehead atoms. The number of hydrogen-bond donors (Lipinski definition) is 1. The van der Waals surface area contributed by atoms with Gasteiger partial charge in [0.1, 0.15) is 5.75 Å². The number of benzene rings is 2. The second kappa shape index (κ2) is 11.7. The number of alkyl halides is 2. The zero-order chi connectivity index (χ0) is 28.2. The summed E-state index contributed by atoms with van der Waals surface area (Å²) in [5.41, 5.74) is 4.01. The molecule has 5 rings (SSSR count). The Hall–Kier alpha value is -4.58. The number of ether oxygens (including phenoxy) is 2. The van der Waals surface area contributed by atoms with Gasteiger partial charge in [-0.1, -0.05) is 0 Å². The molecular formula is C28H28F2N6O4. The summed E-state index contributed by atoms with van der Waals surface area (Å²) in [7, 11) is 1.62. The smallest absolute Gasteiger partial charge is 0.387 e. The number of nitrogens with one attached hydrogen (secondary N) is 1. The number of nitrogens with zero attached hydrogens (tertiary/aromatic N) is 5. The van der Waals surface area contributed by atoms with E-state index in [0.29, 0.717) is 49.0 Å². The third kappa shape index (κ3) is 5.86. The first kappa shape index (κ1) is 27.0. The Labute approximate surface area is 229 Å². The van der Waals surface area contributed by atoms with Gasteiger partial charge in [-0.25, -0.2) is 9.97 Å². The molecule has 1 aliphatic heterocycles. The lowest BCUT2D eigenvalue weighted by molar-refractivity contribution is -0.135. The molecule has 40 heavy (non-hydrogen) atoms. The van der Waals surface area contributed by atoms with Crippen LogP contribution in [0.1, 0.15) is 15.9 Å². The van der Waals surface area contributed by atoms with Crippen molar-refractivity contribution < 1.29 is 27.8 Å². The first-order valence-electron chi connectivity index (χ1n) is 12.7. The van der Waals surface area contributed by atoms with E-state index >= 15 is 0 Å². The minimum Gasteiger partial charge on any atom is -0.435 e. The first-order chi connectivity index (χ1) is 19.3. The molecule has 12 heteroatoms. The lowest BCUT2D eigenvalue weighted by Crippen LogP contribution is -2.46. The number of rotatable bonds is 8. The summed E-state index contributed by atoms with van der Waals surface area (Å²) < 4.78 is 36.5. The van der Waals surface area contributed by atoms with Crippen molar-refractivity contribution >= 4 is 29.0 Å². The maximum atomic E-state index is 13.1. The Morgan fingerprint density at radius 1 is 1.12 bits per heavy atom. The van der Waals surface area contributed by atoms with Gasteiger partial charge in [-0.2, -0.15) is 8.78 Å². The van der Waals surface area contributed by atoms with Crippen LogP contribution in [0.5, 0.6) is 5.75 Å². The average molecular weight is 551 g/mol. The molecule has 0 aliphatic carbocycles. The highest BCUT2D eigenvalue weighted by Crippen LogP contribution is 2.28. The van der Waals surface area contributed by atoms with E-state index in [-0.39, 0.29) is 24.1 Å². The van der Waals surface area contributed by atoms with Crippen LogP contribution in [0.4, 0.5) is 20.3 Å². The van der Waals surface area contributed by atoms with Crippen molar-refractivity contribution in [2.45, 2.75) is 13.5 Å². The number of imidazole rings is 1. The van der Waals surface area contributed by atoms with Gasteiger partial charge in [0.2, 0.25) is 5.91 Å². The van der Waals surface area contributed by atoms with Gasteiger partial charge >= 0.3 is 6.61 Å². The Balaban J connectivity index is 1.30.